The molecule has 0 bridgehead atoms. The lowest BCUT2D eigenvalue weighted by atomic mass is 9.99. The van der Waals surface area contributed by atoms with E-state index in [4.69, 9.17) is 0 Å². The molecule has 0 aliphatic carbocycles. The van der Waals surface area contributed by atoms with Gasteiger partial charge in [0.1, 0.15) is 0 Å². The highest BCUT2D eigenvalue weighted by Gasteiger charge is 2.03. The summed E-state index contributed by atoms with van der Waals surface area (Å²) in [6.45, 7) is 7.16. The first kappa shape index (κ1) is 13.4. The average molecular weight is 200 g/mol. The van der Waals surface area contributed by atoms with Crippen LogP contribution in [-0.2, 0) is 4.79 Å². The summed E-state index contributed by atoms with van der Waals surface area (Å²) in [5.74, 6) is 0.797. The molecule has 0 spiro atoms. The molecule has 84 valence electrons. The number of amides is 1. The molecule has 0 aliphatic heterocycles. The van der Waals surface area contributed by atoms with E-state index in [1.807, 2.05) is 0 Å². The lowest BCUT2D eigenvalue weighted by Gasteiger charge is -2.14. The van der Waals surface area contributed by atoms with Gasteiger partial charge in [0.2, 0.25) is 6.41 Å². The van der Waals surface area contributed by atoms with Gasteiger partial charge >= 0.3 is 0 Å². The molecule has 0 aromatic heterocycles. The molecule has 3 nitrogen and oxygen atoms in total. The molecular formula is C11H24N2O. The van der Waals surface area contributed by atoms with Gasteiger partial charge in [-0.15, -0.1) is 0 Å². The number of carbonyl (C=O) groups excluding carboxylic acids is 1. The van der Waals surface area contributed by atoms with Crippen LogP contribution < -0.4 is 10.6 Å². The van der Waals surface area contributed by atoms with E-state index in [0.717, 1.165) is 32.0 Å². The number of hydrogen-bond acceptors (Lipinski definition) is 2. The number of rotatable bonds is 10. The van der Waals surface area contributed by atoms with Crippen LogP contribution >= 0.6 is 0 Å². The zero-order valence-corrected chi connectivity index (χ0v) is 9.51. The Morgan fingerprint density at radius 1 is 1.29 bits per heavy atom. The van der Waals surface area contributed by atoms with E-state index in [0.29, 0.717) is 0 Å². The fourth-order valence-corrected chi connectivity index (χ4v) is 1.47. The van der Waals surface area contributed by atoms with Crippen molar-refractivity contribution < 1.29 is 4.79 Å². The smallest absolute Gasteiger partial charge is 0.207 e. The van der Waals surface area contributed by atoms with Gasteiger partial charge < -0.3 is 10.6 Å². The van der Waals surface area contributed by atoms with Crippen LogP contribution in [0.25, 0.3) is 0 Å². The van der Waals surface area contributed by atoms with Crippen LogP contribution in [0.5, 0.6) is 0 Å². The van der Waals surface area contributed by atoms with Gasteiger partial charge in [-0.25, -0.2) is 0 Å². The van der Waals surface area contributed by atoms with Crippen LogP contribution in [0.1, 0.15) is 39.5 Å². The molecule has 0 rings (SSSR count). The topological polar surface area (TPSA) is 41.1 Å². The van der Waals surface area contributed by atoms with E-state index in [1.165, 1.54) is 25.7 Å². The van der Waals surface area contributed by atoms with Gasteiger partial charge in [-0.1, -0.05) is 33.1 Å². The molecule has 0 saturated heterocycles. The third-order valence-corrected chi connectivity index (χ3v) is 2.51. The van der Waals surface area contributed by atoms with Crippen molar-refractivity contribution in [2.75, 3.05) is 19.6 Å². The van der Waals surface area contributed by atoms with Gasteiger partial charge in [-0.2, -0.15) is 0 Å². The molecular weight excluding hydrogens is 176 g/mol. The van der Waals surface area contributed by atoms with Crippen molar-refractivity contribution in [1.82, 2.24) is 10.6 Å². The highest BCUT2D eigenvalue weighted by atomic mass is 16.1. The summed E-state index contributed by atoms with van der Waals surface area (Å²) in [5, 5.41) is 6.00. The minimum Gasteiger partial charge on any atom is -0.357 e. The molecule has 0 aromatic rings. The van der Waals surface area contributed by atoms with E-state index in [9.17, 15) is 4.79 Å². The standard InChI is InChI=1S/C11H24N2O/c1-3-5-6-11(4-2)9-12-7-8-13-10-14/h10-12H,3-9H2,1-2H3,(H,13,14). The summed E-state index contributed by atoms with van der Waals surface area (Å²) in [6, 6.07) is 0. The molecule has 0 fully saturated rings. The molecule has 0 aliphatic rings. The Balaban J connectivity index is 3.28. The average Bonchev–Trinajstić information content (AvgIpc) is 2.22. The maximum absolute atomic E-state index is 9.96. The predicted octanol–water partition coefficient (Wildman–Crippen LogP) is 1.54. The van der Waals surface area contributed by atoms with E-state index in [2.05, 4.69) is 24.5 Å². The van der Waals surface area contributed by atoms with Crippen LogP contribution in [0.3, 0.4) is 0 Å². The molecule has 2 N–H and O–H groups in total. The van der Waals surface area contributed by atoms with Crippen molar-refractivity contribution in [3.63, 3.8) is 0 Å². The normalized spacial score (nSPS) is 12.4. The van der Waals surface area contributed by atoms with E-state index >= 15 is 0 Å². The Hall–Kier alpha value is -0.570. The Labute approximate surface area is 87.6 Å². The zero-order chi connectivity index (χ0) is 10.6. The van der Waals surface area contributed by atoms with Crippen molar-refractivity contribution in [2.24, 2.45) is 5.92 Å². The van der Waals surface area contributed by atoms with Gasteiger partial charge in [0.05, 0.1) is 0 Å². The third kappa shape index (κ3) is 8.05. The molecule has 1 unspecified atom stereocenters. The van der Waals surface area contributed by atoms with Gasteiger partial charge in [-0.3, -0.25) is 4.79 Å². The minimum atomic E-state index is 0.730. The summed E-state index contributed by atoms with van der Waals surface area (Å²) in [4.78, 5) is 9.96. The highest BCUT2D eigenvalue weighted by Crippen LogP contribution is 2.10. The second-order valence-corrected chi connectivity index (χ2v) is 3.69. The maximum atomic E-state index is 9.96. The molecule has 0 aromatic carbocycles. The maximum Gasteiger partial charge on any atom is 0.207 e. The fourth-order valence-electron chi connectivity index (χ4n) is 1.47. The summed E-state index contributed by atoms with van der Waals surface area (Å²) >= 11 is 0. The SMILES string of the molecule is CCCCC(CC)CNCCNC=O. The first-order valence-electron chi connectivity index (χ1n) is 5.72. The third-order valence-electron chi connectivity index (χ3n) is 2.51. The zero-order valence-electron chi connectivity index (χ0n) is 9.51. The first-order chi connectivity index (χ1) is 6.85. The summed E-state index contributed by atoms with van der Waals surface area (Å²) in [6.07, 6.45) is 5.92. The quantitative estimate of drug-likeness (QED) is 0.415. The Morgan fingerprint density at radius 2 is 2.07 bits per heavy atom. The summed E-state index contributed by atoms with van der Waals surface area (Å²) < 4.78 is 0. The van der Waals surface area contributed by atoms with Crippen molar-refractivity contribution >= 4 is 6.41 Å². The fraction of sp³-hybridized carbons (Fsp3) is 0.909. The highest BCUT2D eigenvalue weighted by molar-refractivity contribution is 5.45. The number of carbonyl (C=O) groups is 1. The molecule has 3 heteroatoms. The van der Waals surface area contributed by atoms with Crippen molar-refractivity contribution in [1.29, 1.82) is 0 Å². The summed E-state index contributed by atoms with van der Waals surface area (Å²) in [7, 11) is 0. The second kappa shape index (κ2) is 10.5. The molecule has 1 amide bonds. The molecule has 0 saturated carbocycles. The van der Waals surface area contributed by atoms with Crippen LogP contribution in [0, 0.1) is 5.92 Å². The van der Waals surface area contributed by atoms with Crippen molar-refractivity contribution in [2.45, 2.75) is 39.5 Å². The molecule has 1 atom stereocenters. The Bertz CT molecular complexity index is 128. The number of unbranched alkanes of at least 4 members (excludes halogenated alkanes) is 1. The van der Waals surface area contributed by atoms with Gasteiger partial charge in [0.15, 0.2) is 0 Å². The van der Waals surface area contributed by atoms with Crippen LogP contribution in [0.15, 0.2) is 0 Å². The van der Waals surface area contributed by atoms with Crippen molar-refractivity contribution in [3.05, 3.63) is 0 Å². The lowest BCUT2D eigenvalue weighted by molar-refractivity contribution is -0.109. The lowest BCUT2D eigenvalue weighted by Crippen LogP contribution is -2.30. The van der Waals surface area contributed by atoms with E-state index < -0.39 is 0 Å². The predicted molar refractivity (Wildman–Crippen MR) is 60.2 cm³/mol. The van der Waals surface area contributed by atoms with Crippen LogP contribution in [-0.4, -0.2) is 26.0 Å². The second-order valence-electron chi connectivity index (χ2n) is 3.69. The van der Waals surface area contributed by atoms with E-state index in [1.54, 1.807) is 0 Å². The van der Waals surface area contributed by atoms with Crippen LogP contribution in [0.2, 0.25) is 0 Å². The molecule has 0 radical (unpaired) electrons. The van der Waals surface area contributed by atoms with Crippen LogP contribution in [0.4, 0.5) is 0 Å². The minimum absolute atomic E-state index is 0.730. The van der Waals surface area contributed by atoms with Gasteiger partial charge in [0.25, 0.3) is 0 Å². The molecule has 0 heterocycles. The monoisotopic (exact) mass is 200 g/mol. The number of nitrogens with one attached hydrogen (secondary N) is 2. The van der Waals surface area contributed by atoms with Gasteiger partial charge in [0, 0.05) is 13.1 Å². The number of hydrogen-bond donors (Lipinski definition) is 2. The largest absolute Gasteiger partial charge is 0.357 e. The van der Waals surface area contributed by atoms with E-state index in [-0.39, 0.29) is 0 Å². The summed E-state index contributed by atoms with van der Waals surface area (Å²) in [5.41, 5.74) is 0. The Kier molecular flexibility index (Phi) is 10.1. The van der Waals surface area contributed by atoms with Gasteiger partial charge in [-0.05, 0) is 18.9 Å². The Morgan fingerprint density at radius 3 is 2.64 bits per heavy atom. The molecule has 14 heavy (non-hydrogen) atoms. The first-order valence-corrected chi connectivity index (χ1v) is 5.72. The van der Waals surface area contributed by atoms with Crippen molar-refractivity contribution in [3.8, 4) is 0 Å².